The van der Waals surface area contributed by atoms with E-state index in [2.05, 4.69) is 10.3 Å². The molecule has 1 aliphatic rings. The number of anilines is 2. The molecule has 2 heterocycles. The van der Waals surface area contributed by atoms with Crippen LogP contribution in [-0.2, 0) is 19.4 Å². The zero-order valence-corrected chi connectivity index (χ0v) is 25.1. The Labute approximate surface area is 254 Å². The largest absolute Gasteiger partial charge is 0.495 e. The van der Waals surface area contributed by atoms with Crippen molar-refractivity contribution in [1.29, 1.82) is 0 Å². The van der Waals surface area contributed by atoms with Gasteiger partial charge in [-0.05, 0) is 65.4 Å². The first-order chi connectivity index (χ1) is 20.6. The number of nitrogen functional groups attached to an aromatic ring is 1. The Hall–Kier alpha value is -4.35. The van der Waals surface area contributed by atoms with Gasteiger partial charge in [0, 0.05) is 23.8 Å². The summed E-state index contributed by atoms with van der Waals surface area (Å²) >= 11 is 6.30. The minimum Gasteiger partial charge on any atom is -0.495 e. The van der Waals surface area contributed by atoms with Crippen molar-refractivity contribution >= 4 is 55.6 Å². The van der Waals surface area contributed by atoms with E-state index in [0.717, 1.165) is 10.8 Å². The van der Waals surface area contributed by atoms with Gasteiger partial charge in [0.1, 0.15) is 17.6 Å². The van der Waals surface area contributed by atoms with Crippen LogP contribution in [0.3, 0.4) is 0 Å². The molecule has 4 N–H and O–H groups in total. The maximum Gasteiger partial charge on any atom is 0.309 e. The molecule has 4 aromatic rings. The molecule has 0 bridgehead atoms. The Balaban J connectivity index is 1.62. The molecule has 5 rings (SSSR count). The summed E-state index contributed by atoms with van der Waals surface area (Å²) in [6, 6.07) is 16.5. The fraction of sp³-hybridized carbons (Fsp3) is 0.258. The number of methoxy groups -OCH3 is 1. The third-order valence-corrected chi connectivity index (χ3v) is 9.93. The van der Waals surface area contributed by atoms with Gasteiger partial charge in [-0.1, -0.05) is 42.8 Å². The molecule has 0 unspecified atom stereocenters. The van der Waals surface area contributed by atoms with Crippen LogP contribution in [0, 0.1) is 5.92 Å². The van der Waals surface area contributed by atoms with E-state index in [9.17, 15) is 23.1 Å². The van der Waals surface area contributed by atoms with Crippen LogP contribution in [0.15, 0.2) is 77.8 Å². The van der Waals surface area contributed by atoms with E-state index in [1.807, 2.05) is 6.07 Å². The van der Waals surface area contributed by atoms with Crippen LogP contribution >= 0.6 is 11.6 Å². The molecule has 1 aromatic heterocycles. The number of amides is 1. The molecule has 0 aliphatic carbocycles. The monoisotopic (exact) mass is 622 g/mol. The van der Waals surface area contributed by atoms with Gasteiger partial charge >= 0.3 is 5.97 Å². The number of nitrogens with one attached hydrogen (secondary N) is 1. The minimum atomic E-state index is -3.72. The second-order valence-electron chi connectivity index (χ2n) is 10.3. The molecule has 10 nitrogen and oxygen atoms in total. The van der Waals surface area contributed by atoms with Crippen molar-refractivity contribution in [2.24, 2.45) is 5.92 Å². The summed E-state index contributed by atoms with van der Waals surface area (Å²) in [7, 11) is -2.25. The number of nitrogens with zero attached hydrogens (tertiary/aromatic N) is 2. The predicted octanol–water partition coefficient (Wildman–Crippen LogP) is 5.10. The third-order valence-electron chi connectivity index (χ3n) is 7.81. The zero-order chi connectivity index (χ0) is 30.9. The lowest BCUT2D eigenvalue weighted by molar-refractivity contribution is -0.143. The smallest absolute Gasteiger partial charge is 0.309 e. The number of carbonyl (C=O) groups is 2. The van der Waals surface area contributed by atoms with Gasteiger partial charge < -0.3 is 25.8 Å². The summed E-state index contributed by atoms with van der Waals surface area (Å²) < 4.78 is 31.5. The quantitative estimate of drug-likeness (QED) is 0.231. The topological polar surface area (TPSA) is 152 Å². The van der Waals surface area contributed by atoms with Crippen LogP contribution in [0.2, 0.25) is 5.02 Å². The number of sulfone groups is 1. The highest BCUT2D eigenvalue weighted by Crippen LogP contribution is 2.42. The van der Waals surface area contributed by atoms with Crippen LogP contribution in [-0.4, -0.2) is 54.7 Å². The number of likely N-dealkylation sites (tertiary alicyclic amines) is 1. The number of rotatable bonds is 9. The molecular formula is C31H31ClN4O6S. The summed E-state index contributed by atoms with van der Waals surface area (Å²) in [5, 5.41) is 15.4. The molecule has 3 atom stereocenters. The SMILES string of the molecule is CCS(=O)(=O)c1ccccc1[C@H]1[C@@H](C(=O)O)CCN1C(=O)[C@@H](Nc1ccc2c(N)nccc2c1)c1ccc(Cl)c(OC)c1. The summed E-state index contributed by atoms with van der Waals surface area (Å²) in [4.78, 5) is 32.6. The molecule has 224 valence electrons. The molecule has 12 heteroatoms. The lowest BCUT2D eigenvalue weighted by atomic mass is 9.93. The highest BCUT2D eigenvalue weighted by Gasteiger charge is 2.45. The first kappa shape index (κ1) is 30.1. The van der Waals surface area contributed by atoms with Crippen LogP contribution in [0.4, 0.5) is 11.5 Å². The number of benzene rings is 3. The van der Waals surface area contributed by atoms with Crippen molar-refractivity contribution < 1.29 is 27.9 Å². The van der Waals surface area contributed by atoms with Gasteiger partial charge in [-0.15, -0.1) is 0 Å². The van der Waals surface area contributed by atoms with Crippen molar-refractivity contribution in [3.05, 3.63) is 89.1 Å². The number of halogens is 1. The Bertz CT molecular complexity index is 1820. The number of carboxylic acids is 1. The lowest BCUT2D eigenvalue weighted by Crippen LogP contribution is -2.39. The highest BCUT2D eigenvalue weighted by atomic mass is 35.5. The summed E-state index contributed by atoms with van der Waals surface area (Å²) in [6.45, 7) is 1.64. The standard InChI is InChI=1S/C31H31ClN4O6S/c1-3-43(40,41)26-7-5-4-6-22(26)28-23(31(38)39)13-15-36(28)30(37)27(19-8-11-24(32)25(17-19)42-2)35-20-9-10-21-18(16-20)12-14-34-29(21)33/h4-12,14,16-17,23,27-28,35H,3,13,15H2,1-2H3,(H2,33,34)(H,38,39)/t23-,27-,28-/m0/s1. The van der Waals surface area contributed by atoms with Gasteiger partial charge in [0.2, 0.25) is 5.91 Å². The third kappa shape index (κ3) is 5.82. The normalized spacial score (nSPS) is 17.5. The summed E-state index contributed by atoms with van der Waals surface area (Å²) in [5.41, 5.74) is 7.43. The van der Waals surface area contributed by atoms with Crippen LogP contribution in [0.25, 0.3) is 10.8 Å². The zero-order valence-electron chi connectivity index (χ0n) is 23.5. The van der Waals surface area contributed by atoms with Gasteiger partial charge in [-0.3, -0.25) is 9.59 Å². The van der Waals surface area contributed by atoms with Crippen LogP contribution < -0.4 is 15.8 Å². The van der Waals surface area contributed by atoms with Gasteiger partial charge in [0.15, 0.2) is 9.84 Å². The molecule has 0 radical (unpaired) electrons. The molecule has 0 saturated carbocycles. The first-order valence-electron chi connectivity index (χ1n) is 13.6. The Morgan fingerprint density at radius 2 is 1.93 bits per heavy atom. The van der Waals surface area contributed by atoms with E-state index in [4.69, 9.17) is 22.1 Å². The van der Waals surface area contributed by atoms with Crippen molar-refractivity contribution in [1.82, 2.24) is 9.88 Å². The second-order valence-corrected chi connectivity index (χ2v) is 12.9. The maximum absolute atomic E-state index is 14.6. The van der Waals surface area contributed by atoms with Gasteiger partial charge in [0.05, 0.1) is 34.7 Å². The Morgan fingerprint density at radius 3 is 2.65 bits per heavy atom. The molecule has 43 heavy (non-hydrogen) atoms. The number of carbonyl (C=O) groups excluding carboxylic acids is 1. The first-order valence-corrected chi connectivity index (χ1v) is 15.7. The molecule has 0 spiro atoms. The highest BCUT2D eigenvalue weighted by molar-refractivity contribution is 7.91. The van der Waals surface area contributed by atoms with Gasteiger partial charge in [-0.2, -0.15) is 0 Å². The number of ether oxygens (including phenoxy) is 1. The van der Waals surface area contributed by atoms with Crippen molar-refractivity contribution in [3.8, 4) is 5.75 Å². The lowest BCUT2D eigenvalue weighted by Gasteiger charge is -2.32. The Kier molecular flexibility index (Phi) is 8.48. The molecule has 1 aliphatic heterocycles. The van der Waals surface area contributed by atoms with Crippen molar-refractivity contribution in [3.63, 3.8) is 0 Å². The number of pyridine rings is 1. The number of fused-ring (bicyclic) bond motifs is 1. The number of carboxylic acid groups (broad SMARTS) is 1. The number of aliphatic carboxylic acids is 1. The summed E-state index contributed by atoms with van der Waals surface area (Å²) in [5.74, 6) is -1.98. The van der Waals surface area contributed by atoms with E-state index in [1.54, 1.807) is 60.8 Å². The predicted molar refractivity (Wildman–Crippen MR) is 165 cm³/mol. The van der Waals surface area contributed by atoms with Crippen LogP contribution in [0.5, 0.6) is 5.75 Å². The van der Waals surface area contributed by atoms with Gasteiger partial charge in [0.25, 0.3) is 0 Å². The average Bonchev–Trinajstić information content (AvgIpc) is 3.46. The van der Waals surface area contributed by atoms with E-state index in [0.29, 0.717) is 27.8 Å². The molecule has 3 aromatic carbocycles. The van der Waals surface area contributed by atoms with E-state index in [1.165, 1.54) is 25.0 Å². The molecule has 1 saturated heterocycles. The van der Waals surface area contributed by atoms with Crippen molar-refractivity contribution in [2.75, 3.05) is 30.5 Å². The van der Waals surface area contributed by atoms with Gasteiger partial charge in [-0.25, -0.2) is 13.4 Å². The van der Waals surface area contributed by atoms with E-state index >= 15 is 0 Å². The number of aromatic nitrogens is 1. The second kappa shape index (κ2) is 12.1. The fourth-order valence-corrected chi connectivity index (χ4v) is 6.95. The maximum atomic E-state index is 14.6. The van der Waals surface area contributed by atoms with E-state index in [-0.39, 0.29) is 29.2 Å². The Morgan fingerprint density at radius 1 is 1.16 bits per heavy atom. The van der Waals surface area contributed by atoms with Crippen molar-refractivity contribution in [2.45, 2.75) is 30.3 Å². The number of hydrogen-bond donors (Lipinski definition) is 3. The number of hydrogen-bond acceptors (Lipinski definition) is 8. The minimum absolute atomic E-state index is 0.0202. The fourth-order valence-electron chi connectivity index (χ4n) is 5.61. The molecular weight excluding hydrogens is 592 g/mol. The molecule has 1 amide bonds. The number of nitrogens with two attached hydrogens (primary N) is 1. The van der Waals surface area contributed by atoms with E-state index < -0.39 is 39.7 Å². The summed E-state index contributed by atoms with van der Waals surface area (Å²) in [6.07, 6.45) is 1.75. The van der Waals surface area contributed by atoms with Crippen LogP contribution in [0.1, 0.15) is 36.6 Å². The average molecular weight is 623 g/mol. The molecule has 1 fully saturated rings.